The maximum absolute atomic E-state index is 9.02. The predicted octanol–water partition coefficient (Wildman–Crippen LogP) is 1.58. The first-order valence-corrected chi connectivity index (χ1v) is 3.70. The highest BCUT2D eigenvalue weighted by molar-refractivity contribution is 6.31. The van der Waals surface area contributed by atoms with E-state index in [1.165, 1.54) is 6.07 Å². The van der Waals surface area contributed by atoms with Gasteiger partial charge in [0.15, 0.2) is 0 Å². The Balaban J connectivity index is 2.93. The van der Waals surface area contributed by atoms with Crippen LogP contribution in [0.1, 0.15) is 5.56 Å². The van der Waals surface area contributed by atoms with Crippen LogP contribution >= 0.6 is 11.6 Å². The monoisotopic (exact) mass is 172 g/mol. The van der Waals surface area contributed by atoms with Crippen LogP contribution < -0.4 is 0 Å². The van der Waals surface area contributed by atoms with Gasteiger partial charge in [-0.2, -0.15) is 0 Å². The SMILES string of the molecule is OCCc1cc(O)ccc1Cl. The molecular weight excluding hydrogens is 164 g/mol. The Hall–Kier alpha value is -0.730. The van der Waals surface area contributed by atoms with Gasteiger partial charge in [-0.05, 0) is 30.2 Å². The molecule has 0 saturated carbocycles. The van der Waals surface area contributed by atoms with E-state index >= 15 is 0 Å². The van der Waals surface area contributed by atoms with E-state index in [2.05, 4.69) is 0 Å². The molecule has 3 heteroatoms. The number of rotatable bonds is 2. The highest BCUT2D eigenvalue weighted by Gasteiger charge is 1.99. The highest BCUT2D eigenvalue weighted by Crippen LogP contribution is 2.21. The molecule has 0 aliphatic carbocycles. The summed E-state index contributed by atoms with van der Waals surface area (Å²) in [6.07, 6.45) is 0.479. The van der Waals surface area contributed by atoms with Crippen molar-refractivity contribution in [2.45, 2.75) is 6.42 Å². The van der Waals surface area contributed by atoms with E-state index in [0.717, 1.165) is 5.56 Å². The molecule has 1 rings (SSSR count). The summed E-state index contributed by atoms with van der Waals surface area (Å²) in [6, 6.07) is 4.68. The fraction of sp³-hybridized carbons (Fsp3) is 0.250. The molecule has 0 radical (unpaired) electrons. The topological polar surface area (TPSA) is 40.5 Å². The van der Waals surface area contributed by atoms with Gasteiger partial charge in [-0.25, -0.2) is 0 Å². The van der Waals surface area contributed by atoms with E-state index in [4.69, 9.17) is 21.8 Å². The van der Waals surface area contributed by atoms with Crippen LogP contribution in [0.4, 0.5) is 0 Å². The Morgan fingerprint density at radius 2 is 2.09 bits per heavy atom. The molecule has 0 aliphatic heterocycles. The fourth-order valence-electron chi connectivity index (χ4n) is 0.873. The first-order valence-electron chi connectivity index (χ1n) is 3.32. The Bertz CT molecular complexity index is 248. The zero-order valence-electron chi connectivity index (χ0n) is 5.92. The van der Waals surface area contributed by atoms with Crippen molar-refractivity contribution < 1.29 is 10.2 Å². The zero-order valence-corrected chi connectivity index (χ0v) is 6.67. The zero-order chi connectivity index (χ0) is 8.27. The quantitative estimate of drug-likeness (QED) is 0.711. The Labute approximate surface area is 70.1 Å². The minimum absolute atomic E-state index is 0.0448. The summed E-state index contributed by atoms with van der Waals surface area (Å²) in [5, 5.41) is 18.2. The standard InChI is InChI=1S/C8H9ClO2/c9-8-2-1-7(11)5-6(8)3-4-10/h1-2,5,10-11H,3-4H2. The molecule has 0 aromatic heterocycles. The molecule has 11 heavy (non-hydrogen) atoms. The number of hydrogen-bond acceptors (Lipinski definition) is 2. The molecule has 1 aromatic rings. The predicted molar refractivity (Wildman–Crippen MR) is 43.9 cm³/mol. The van der Waals surface area contributed by atoms with Crippen molar-refractivity contribution in [1.82, 2.24) is 0 Å². The second-order valence-corrected chi connectivity index (χ2v) is 2.66. The lowest BCUT2D eigenvalue weighted by Crippen LogP contribution is -1.90. The third kappa shape index (κ3) is 2.10. The molecule has 0 amide bonds. The molecule has 0 fully saturated rings. The van der Waals surface area contributed by atoms with Crippen molar-refractivity contribution in [3.05, 3.63) is 28.8 Å². The molecule has 0 atom stereocenters. The van der Waals surface area contributed by atoms with E-state index in [1.54, 1.807) is 12.1 Å². The number of aliphatic hydroxyl groups is 1. The Kier molecular flexibility index (Phi) is 2.74. The fourth-order valence-corrected chi connectivity index (χ4v) is 1.09. The molecule has 0 bridgehead atoms. The maximum atomic E-state index is 9.02. The van der Waals surface area contributed by atoms with Crippen LogP contribution in [-0.4, -0.2) is 16.8 Å². The highest BCUT2D eigenvalue weighted by atomic mass is 35.5. The summed E-state index contributed by atoms with van der Waals surface area (Å²) in [5.41, 5.74) is 0.772. The molecule has 0 spiro atoms. The number of aromatic hydroxyl groups is 1. The summed E-state index contributed by atoms with van der Waals surface area (Å²) in [6.45, 7) is 0.0448. The van der Waals surface area contributed by atoms with E-state index in [-0.39, 0.29) is 12.4 Å². The minimum Gasteiger partial charge on any atom is -0.508 e. The number of halogens is 1. The van der Waals surface area contributed by atoms with E-state index in [1.807, 2.05) is 0 Å². The van der Waals surface area contributed by atoms with Gasteiger partial charge in [0.25, 0.3) is 0 Å². The van der Waals surface area contributed by atoms with Crippen LogP contribution in [0.15, 0.2) is 18.2 Å². The average Bonchev–Trinajstić information content (AvgIpc) is 1.98. The normalized spacial score (nSPS) is 10.0. The summed E-state index contributed by atoms with van der Waals surface area (Å²) in [5.74, 6) is 0.179. The van der Waals surface area contributed by atoms with Crippen LogP contribution in [0.3, 0.4) is 0 Å². The van der Waals surface area contributed by atoms with E-state index < -0.39 is 0 Å². The lowest BCUT2D eigenvalue weighted by atomic mass is 10.1. The maximum Gasteiger partial charge on any atom is 0.115 e. The minimum atomic E-state index is 0.0448. The van der Waals surface area contributed by atoms with Gasteiger partial charge in [0.2, 0.25) is 0 Å². The van der Waals surface area contributed by atoms with Crippen LogP contribution in [0.2, 0.25) is 5.02 Å². The Morgan fingerprint density at radius 3 is 2.73 bits per heavy atom. The van der Waals surface area contributed by atoms with Gasteiger partial charge in [-0.1, -0.05) is 11.6 Å². The molecular formula is C8H9ClO2. The van der Waals surface area contributed by atoms with E-state index in [0.29, 0.717) is 11.4 Å². The van der Waals surface area contributed by atoms with Crippen LogP contribution in [-0.2, 0) is 6.42 Å². The third-order valence-electron chi connectivity index (χ3n) is 1.41. The van der Waals surface area contributed by atoms with Gasteiger partial charge in [0, 0.05) is 11.6 Å². The number of aliphatic hydroxyl groups excluding tert-OH is 1. The lowest BCUT2D eigenvalue weighted by molar-refractivity contribution is 0.299. The molecule has 2 nitrogen and oxygen atoms in total. The van der Waals surface area contributed by atoms with Gasteiger partial charge >= 0.3 is 0 Å². The first-order chi connectivity index (χ1) is 5.24. The second-order valence-electron chi connectivity index (χ2n) is 2.25. The molecule has 1 aromatic carbocycles. The number of phenols is 1. The van der Waals surface area contributed by atoms with Crippen molar-refractivity contribution in [1.29, 1.82) is 0 Å². The van der Waals surface area contributed by atoms with Crippen LogP contribution in [0, 0.1) is 0 Å². The molecule has 0 aliphatic rings. The van der Waals surface area contributed by atoms with Gasteiger partial charge in [-0.15, -0.1) is 0 Å². The average molecular weight is 173 g/mol. The lowest BCUT2D eigenvalue weighted by Gasteiger charge is -2.01. The first kappa shape index (κ1) is 8.37. The third-order valence-corrected chi connectivity index (χ3v) is 1.78. The van der Waals surface area contributed by atoms with Crippen molar-refractivity contribution >= 4 is 11.6 Å². The second kappa shape index (κ2) is 3.60. The number of phenolic OH excluding ortho intramolecular Hbond substituents is 1. The summed E-state index contributed by atoms with van der Waals surface area (Å²) in [7, 11) is 0. The summed E-state index contributed by atoms with van der Waals surface area (Å²) < 4.78 is 0. The number of hydrogen-bond donors (Lipinski definition) is 2. The Morgan fingerprint density at radius 1 is 1.36 bits per heavy atom. The van der Waals surface area contributed by atoms with Crippen molar-refractivity contribution in [3.63, 3.8) is 0 Å². The van der Waals surface area contributed by atoms with Crippen molar-refractivity contribution in [2.75, 3.05) is 6.61 Å². The van der Waals surface area contributed by atoms with Gasteiger partial charge < -0.3 is 10.2 Å². The van der Waals surface area contributed by atoms with Crippen LogP contribution in [0.25, 0.3) is 0 Å². The van der Waals surface area contributed by atoms with Gasteiger partial charge in [0.1, 0.15) is 5.75 Å². The van der Waals surface area contributed by atoms with Gasteiger partial charge in [0.05, 0.1) is 0 Å². The van der Waals surface area contributed by atoms with Crippen molar-refractivity contribution in [3.8, 4) is 5.75 Å². The molecule has 0 saturated heterocycles. The smallest absolute Gasteiger partial charge is 0.115 e. The number of benzene rings is 1. The molecule has 0 heterocycles. The van der Waals surface area contributed by atoms with E-state index in [9.17, 15) is 0 Å². The summed E-state index contributed by atoms with van der Waals surface area (Å²) >= 11 is 5.75. The van der Waals surface area contributed by atoms with Gasteiger partial charge in [-0.3, -0.25) is 0 Å². The van der Waals surface area contributed by atoms with Crippen LogP contribution in [0.5, 0.6) is 5.75 Å². The van der Waals surface area contributed by atoms with Crippen molar-refractivity contribution in [2.24, 2.45) is 0 Å². The molecule has 0 unspecified atom stereocenters. The summed E-state index contributed by atoms with van der Waals surface area (Å²) in [4.78, 5) is 0. The molecule has 60 valence electrons. The largest absolute Gasteiger partial charge is 0.508 e. The molecule has 2 N–H and O–H groups in total.